The van der Waals surface area contributed by atoms with Gasteiger partial charge in [-0.15, -0.1) is 0 Å². The van der Waals surface area contributed by atoms with Crippen molar-refractivity contribution < 1.29 is 14.3 Å². The molecule has 8 heteroatoms. The van der Waals surface area contributed by atoms with Crippen LogP contribution < -0.4 is 15.4 Å². The van der Waals surface area contributed by atoms with Gasteiger partial charge in [0, 0.05) is 11.4 Å². The van der Waals surface area contributed by atoms with Gasteiger partial charge in [0.1, 0.15) is 24.4 Å². The second-order valence-corrected chi connectivity index (χ2v) is 6.27. The third-order valence-electron chi connectivity index (χ3n) is 4.01. The predicted octanol–water partition coefficient (Wildman–Crippen LogP) is 2.80. The van der Waals surface area contributed by atoms with E-state index in [0.717, 1.165) is 5.56 Å². The van der Waals surface area contributed by atoms with Crippen molar-refractivity contribution in [3.05, 3.63) is 66.7 Å². The molecule has 2 N–H and O–H groups in total. The number of nitrogens with one attached hydrogen (secondary N) is 2. The first-order valence-electron chi connectivity index (χ1n) is 8.75. The molecule has 3 rings (SSSR count). The van der Waals surface area contributed by atoms with Gasteiger partial charge in [0.15, 0.2) is 6.61 Å². The van der Waals surface area contributed by atoms with Crippen molar-refractivity contribution in [2.75, 3.05) is 17.2 Å². The molecule has 0 aliphatic rings. The lowest BCUT2D eigenvalue weighted by atomic mass is 10.2. The number of hydrogen-bond donors (Lipinski definition) is 2. The second-order valence-electron chi connectivity index (χ2n) is 6.27. The Balaban J connectivity index is 1.49. The zero-order valence-corrected chi connectivity index (χ0v) is 15.6. The van der Waals surface area contributed by atoms with E-state index in [4.69, 9.17) is 4.74 Å². The van der Waals surface area contributed by atoms with Gasteiger partial charge < -0.3 is 15.4 Å². The summed E-state index contributed by atoms with van der Waals surface area (Å²) >= 11 is 0. The topological polar surface area (TPSA) is 98.1 Å². The monoisotopic (exact) mass is 379 g/mol. The number of rotatable bonds is 7. The molecule has 0 saturated heterocycles. The normalized spacial score (nSPS) is 11.5. The average Bonchev–Trinajstić information content (AvgIpc) is 3.22. The molecule has 1 aromatic heterocycles. The minimum absolute atomic E-state index is 0.0860. The zero-order valence-electron chi connectivity index (χ0n) is 15.6. The first-order chi connectivity index (χ1) is 13.5. The molecule has 8 nitrogen and oxygen atoms in total. The lowest BCUT2D eigenvalue weighted by molar-refractivity contribution is -0.119. The molecule has 0 saturated carbocycles. The molecule has 0 unspecified atom stereocenters. The summed E-state index contributed by atoms with van der Waals surface area (Å²) in [6.07, 6.45) is 2.87. The van der Waals surface area contributed by atoms with Crippen molar-refractivity contribution in [2.24, 2.45) is 0 Å². The van der Waals surface area contributed by atoms with Crippen LogP contribution in [0.25, 0.3) is 0 Å². The van der Waals surface area contributed by atoms with Crippen molar-refractivity contribution in [1.82, 2.24) is 14.8 Å². The van der Waals surface area contributed by atoms with Crippen molar-refractivity contribution >= 4 is 23.2 Å². The molecule has 1 atom stereocenters. The SMILES string of the molecule is Cc1cccc(OCC(=O)Nc2ccc(NC(=O)[C@@H](C)n3cncn3)cc2)c1. The van der Waals surface area contributed by atoms with Gasteiger partial charge in [0.05, 0.1) is 0 Å². The summed E-state index contributed by atoms with van der Waals surface area (Å²) in [6.45, 7) is 3.60. The minimum atomic E-state index is -0.486. The molecule has 0 bridgehead atoms. The minimum Gasteiger partial charge on any atom is -0.484 e. The summed E-state index contributed by atoms with van der Waals surface area (Å²) in [6, 6.07) is 13.9. The molecule has 2 amide bonds. The summed E-state index contributed by atoms with van der Waals surface area (Å²) in [5, 5.41) is 9.51. The van der Waals surface area contributed by atoms with Crippen molar-refractivity contribution in [3.63, 3.8) is 0 Å². The smallest absolute Gasteiger partial charge is 0.262 e. The van der Waals surface area contributed by atoms with Gasteiger partial charge in [-0.3, -0.25) is 9.59 Å². The number of ether oxygens (including phenoxy) is 1. The maximum atomic E-state index is 12.2. The number of aromatic nitrogens is 3. The third-order valence-corrected chi connectivity index (χ3v) is 4.01. The molecule has 2 aromatic carbocycles. The van der Waals surface area contributed by atoms with Crippen molar-refractivity contribution in [2.45, 2.75) is 19.9 Å². The molecule has 28 heavy (non-hydrogen) atoms. The van der Waals surface area contributed by atoms with E-state index in [0.29, 0.717) is 17.1 Å². The highest BCUT2D eigenvalue weighted by Crippen LogP contribution is 2.16. The number of benzene rings is 2. The summed E-state index contributed by atoms with van der Waals surface area (Å²) in [5.74, 6) is 0.168. The zero-order chi connectivity index (χ0) is 19.9. The van der Waals surface area contributed by atoms with E-state index in [2.05, 4.69) is 20.7 Å². The van der Waals surface area contributed by atoms with Crippen LogP contribution in [0.4, 0.5) is 11.4 Å². The third kappa shape index (κ3) is 5.16. The molecule has 0 radical (unpaired) electrons. The lowest BCUT2D eigenvalue weighted by Gasteiger charge is -2.12. The summed E-state index contributed by atoms with van der Waals surface area (Å²) in [7, 11) is 0. The quantitative estimate of drug-likeness (QED) is 0.658. The van der Waals surface area contributed by atoms with E-state index < -0.39 is 6.04 Å². The van der Waals surface area contributed by atoms with Crippen molar-refractivity contribution in [3.8, 4) is 5.75 Å². The Bertz CT molecular complexity index is 939. The Morgan fingerprint density at radius 1 is 1.11 bits per heavy atom. The number of carbonyl (C=O) groups excluding carboxylic acids is 2. The second kappa shape index (κ2) is 8.81. The van der Waals surface area contributed by atoms with Gasteiger partial charge in [0.2, 0.25) is 5.91 Å². The van der Waals surface area contributed by atoms with E-state index in [1.807, 2.05) is 25.1 Å². The van der Waals surface area contributed by atoms with Gasteiger partial charge in [-0.1, -0.05) is 12.1 Å². The highest BCUT2D eigenvalue weighted by atomic mass is 16.5. The fraction of sp³-hybridized carbons (Fsp3) is 0.200. The number of amides is 2. The van der Waals surface area contributed by atoms with Crippen LogP contribution in [0.3, 0.4) is 0 Å². The molecule has 0 fully saturated rings. The van der Waals surface area contributed by atoms with E-state index in [1.54, 1.807) is 37.3 Å². The number of hydrogen-bond acceptors (Lipinski definition) is 5. The number of carbonyl (C=O) groups is 2. The Kier molecular flexibility index (Phi) is 6.01. The van der Waals surface area contributed by atoms with Crippen molar-refractivity contribution in [1.29, 1.82) is 0 Å². The van der Waals surface area contributed by atoms with Gasteiger partial charge in [-0.2, -0.15) is 5.10 Å². The maximum absolute atomic E-state index is 12.2. The standard InChI is InChI=1S/C20H21N5O3/c1-14-4-3-5-18(10-14)28-11-19(26)23-16-6-8-17(9-7-16)24-20(27)15(2)25-13-21-12-22-25/h3-10,12-13,15H,11H2,1-2H3,(H,23,26)(H,24,27)/t15-/m1/s1. The molecule has 0 aliphatic carbocycles. The van der Waals surface area contributed by atoms with Gasteiger partial charge in [-0.25, -0.2) is 9.67 Å². The fourth-order valence-corrected chi connectivity index (χ4v) is 2.47. The van der Waals surface area contributed by atoms with Crippen LogP contribution in [-0.4, -0.2) is 33.2 Å². The maximum Gasteiger partial charge on any atom is 0.262 e. The first kappa shape index (κ1) is 19.1. The van der Waals surface area contributed by atoms with Crippen LogP contribution >= 0.6 is 0 Å². The Morgan fingerprint density at radius 3 is 2.46 bits per heavy atom. The fourth-order valence-electron chi connectivity index (χ4n) is 2.47. The van der Waals surface area contributed by atoms with Crippen LogP contribution in [0.15, 0.2) is 61.2 Å². The largest absolute Gasteiger partial charge is 0.484 e. The number of anilines is 2. The predicted molar refractivity (Wildman–Crippen MR) is 105 cm³/mol. The van der Waals surface area contributed by atoms with Gasteiger partial charge in [-0.05, 0) is 55.8 Å². The first-order valence-corrected chi connectivity index (χ1v) is 8.75. The Morgan fingerprint density at radius 2 is 1.82 bits per heavy atom. The van der Waals surface area contributed by atoms with Crippen LogP contribution in [0.2, 0.25) is 0 Å². The highest BCUT2D eigenvalue weighted by Gasteiger charge is 2.15. The molecule has 0 aliphatic heterocycles. The van der Waals surface area contributed by atoms with E-state index in [1.165, 1.54) is 17.3 Å². The highest BCUT2D eigenvalue weighted by molar-refractivity contribution is 5.94. The average molecular weight is 379 g/mol. The molecule has 0 spiro atoms. The van der Waals surface area contributed by atoms with E-state index >= 15 is 0 Å². The Labute approximate surface area is 162 Å². The van der Waals surface area contributed by atoms with Crippen LogP contribution in [0.1, 0.15) is 18.5 Å². The molecule has 3 aromatic rings. The van der Waals surface area contributed by atoms with Crippen LogP contribution in [-0.2, 0) is 9.59 Å². The molecule has 144 valence electrons. The molecule has 1 heterocycles. The lowest BCUT2D eigenvalue weighted by Crippen LogP contribution is -2.24. The van der Waals surface area contributed by atoms with Crippen LogP contribution in [0, 0.1) is 6.92 Å². The van der Waals surface area contributed by atoms with E-state index in [9.17, 15) is 9.59 Å². The number of aryl methyl sites for hydroxylation is 1. The Hall–Kier alpha value is -3.68. The summed E-state index contributed by atoms with van der Waals surface area (Å²) in [4.78, 5) is 28.1. The molecular weight excluding hydrogens is 358 g/mol. The number of nitrogens with zero attached hydrogens (tertiary/aromatic N) is 3. The molecular formula is C20H21N5O3. The van der Waals surface area contributed by atoms with E-state index in [-0.39, 0.29) is 18.4 Å². The summed E-state index contributed by atoms with van der Waals surface area (Å²) in [5.41, 5.74) is 2.29. The van der Waals surface area contributed by atoms with Crippen LogP contribution in [0.5, 0.6) is 5.75 Å². The van der Waals surface area contributed by atoms with Gasteiger partial charge in [0.25, 0.3) is 5.91 Å². The summed E-state index contributed by atoms with van der Waals surface area (Å²) < 4.78 is 6.95. The van der Waals surface area contributed by atoms with Gasteiger partial charge >= 0.3 is 0 Å².